The van der Waals surface area contributed by atoms with E-state index in [-0.39, 0.29) is 24.1 Å². The van der Waals surface area contributed by atoms with E-state index in [1.165, 1.54) is 34.9 Å². The summed E-state index contributed by atoms with van der Waals surface area (Å²) in [6.07, 6.45) is 0.0645. The van der Waals surface area contributed by atoms with Crippen molar-refractivity contribution < 1.29 is 23.8 Å². The number of hydrogen-bond donors (Lipinski definition) is 1. The van der Waals surface area contributed by atoms with E-state index < -0.39 is 0 Å². The molecule has 1 amide bonds. The molecule has 0 aliphatic rings. The average molecular weight is 465 g/mol. The van der Waals surface area contributed by atoms with Crippen LogP contribution < -0.4 is 14.8 Å². The van der Waals surface area contributed by atoms with Crippen LogP contribution in [0.2, 0.25) is 0 Å². The molecule has 2 heterocycles. The van der Waals surface area contributed by atoms with Gasteiger partial charge < -0.3 is 19.5 Å². The van der Waals surface area contributed by atoms with Crippen LogP contribution in [0, 0.1) is 0 Å². The van der Waals surface area contributed by atoms with E-state index in [1.54, 1.807) is 37.6 Å². The highest BCUT2D eigenvalue weighted by molar-refractivity contribution is 7.99. The molecule has 0 saturated heterocycles. The molecule has 0 fully saturated rings. The summed E-state index contributed by atoms with van der Waals surface area (Å²) in [5.74, 6) is 0.554. The average Bonchev–Trinajstić information content (AvgIpc) is 3.41. The molecule has 0 unspecified atom stereocenters. The fourth-order valence-electron chi connectivity index (χ4n) is 2.48. The van der Waals surface area contributed by atoms with Crippen LogP contribution in [0.25, 0.3) is 5.69 Å². The van der Waals surface area contributed by atoms with E-state index in [4.69, 9.17) is 14.2 Å². The summed E-state index contributed by atoms with van der Waals surface area (Å²) < 4.78 is 16.9. The Morgan fingerprint density at radius 1 is 1.23 bits per heavy atom. The smallest absolute Gasteiger partial charge is 0.311 e. The summed E-state index contributed by atoms with van der Waals surface area (Å²) in [6.45, 7) is 2.05. The number of thioether (sulfide) groups is 1. The number of nitrogens with zero attached hydrogens (tertiary/aromatic N) is 5. The minimum atomic E-state index is -0.358. The number of methoxy groups -OCH3 is 2. The second-order valence-electron chi connectivity index (χ2n) is 5.88. The second-order valence-corrected chi connectivity index (χ2v) is 7.68. The molecule has 1 aromatic carbocycles. The topological polar surface area (TPSA) is 130 Å². The standard InChI is InChI=1S/C18H20N6O5S2/c1-4-29-16(26)7-11-9-30-17(19-11)20-15(25)10-31-18-21-22-23-24(18)12-5-6-13(27-2)14(8-12)28-3/h5-6,8-9H,4,7,10H2,1-3H3,(H,19,20,25). The number of amides is 1. The highest BCUT2D eigenvalue weighted by Gasteiger charge is 2.15. The molecule has 0 spiro atoms. The van der Waals surface area contributed by atoms with Crippen molar-refractivity contribution in [1.82, 2.24) is 25.2 Å². The van der Waals surface area contributed by atoms with Crippen LogP contribution in [0.4, 0.5) is 5.13 Å². The number of nitrogens with one attached hydrogen (secondary N) is 1. The minimum Gasteiger partial charge on any atom is -0.493 e. The first-order valence-corrected chi connectivity index (χ1v) is 10.9. The van der Waals surface area contributed by atoms with Gasteiger partial charge in [0.25, 0.3) is 0 Å². The zero-order chi connectivity index (χ0) is 22.2. The molecule has 164 valence electrons. The van der Waals surface area contributed by atoms with E-state index in [1.807, 2.05) is 0 Å². The lowest BCUT2D eigenvalue weighted by Gasteiger charge is -2.10. The van der Waals surface area contributed by atoms with Crippen molar-refractivity contribution in [3.05, 3.63) is 29.3 Å². The third-order valence-corrected chi connectivity index (χ3v) is 5.54. The van der Waals surface area contributed by atoms with E-state index in [0.717, 1.165) is 0 Å². The summed E-state index contributed by atoms with van der Waals surface area (Å²) in [6, 6.07) is 5.26. The van der Waals surface area contributed by atoms with Gasteiger partial charge in [0.2, 0.25) is 11.1 Å². The highest BCUT2D eigenvalue weighted by Crippen LogP contribution is 2.30. The zero-order valence-corrected chi connectivity index (χ0v) is 18.7. The highest BCUT2D eigenvalue weighted by atomic mass is 32.2. The first-order valence-electron chi connectivity index (χ1n) is 9.07. The minimum absolute atomic E-state index is 0.0645. The van der Waals surface area contributed by atoms with Crippen LogP contribution in [0.15, 0.2) is 28.7 Å². The fraction of sp³-hybridized carbons (Fsp3) is 0.333. The molecular formula is C18H20N6O5S2. The summed E-state index contributed by atoms with van der Waals surface area (Å²) in [5, 5.41) is 16.9. The van der Waals surface area contributed by atoms with Gasteiger partial charge in [-0.1, -0.05) is 11.8 Å². The predicted octanol–water partition coefficient (Wildman–Crippen LogP) is 1.97. The Morgan fingerprint density at radius 3 is 2.77 bits per heavy atom. The molecular weight excluding hydrogens is 444 g/mol. The number of rotatable bonds is 10. The first-order chi connectivity index (χ1) is 15.0. The van der Waals surface area contributed by atoms with E-state index in [2.05, 4.69) is 25.8 Å². The van der Waals surface area contributed by atoms with Crippen molar-refractivity contribution in [2.75, 3.05) is 31.9 Å². The maximum atomic E-state index is 12.3. The number of carbonyl (C=O) groups excluding carboxylic acids is 2. The lowest BCUT2D eigenvalue weighted by Crippen LogP contribution is -2.15. The maximum Gasteiger partial charge on any atom is 0.311 e. The number of carbonyl (C=O) groups is 2. The number of anilines is 1. The van der Waals surface area contributed by atoms with Gasteiger partial charge >= 0.3 is 5.97 Å². The van der Waals surface area contributed by atoms with Gasteiger partial charge in [0.15, 0.2) is 16.6 Å². The van der Waals surface area contributed by atoms with Crippen LogP contribution in [-0.2, 0) is 20.7 Å². The Bertz CT molecular complexity index is 1050. The van der Waals surface area contributed by atoms with Gasteiger partial charge in [-0.05, 0) is 29.5 Å². The van der Waals surface area contributed by atoms with Crippen molar-refractivity contribution in [3.8, 4) is 17.2 Å². The molecule has 13 heteroatoms. The van der Waals surface area contributed by atoms with Gasteiger partial charge in [0.05, 0.1) is 44.4 Å². The van der Waals surface area contributed by atoms with E-state index >= 15 is 0 Å². The Labute approximate surface area is 186 Å². The van der Waals surface area contributed by atoms with Gasteiger partial charge in [-0.3, -0.25) is 9.59 Å². The maximum absolute atomic E-state index is 12.3. The molecule has 0 aliphatic heterocycles. The number of thiazole rings is 1. The molecule has 31 heavy (non-hydrogen) atoms. The number of tetrazole rings is 1. The largest absolute Gasteiger partial charge is 0.493 e. The molecule has 2 aromatic heterocycles. The Kier molecular flexibility index (Phi) is 7.78. The third kappa shape index (κ3) is 5.92. The second kappa shape index (κ2) is 10.7. The Morgan fingerprint density at radius 2 is 2.03 bits per heavy atom. The summed E-state index contributed by atoms with van der Waals surface area (Å²) in [7, 11) is 3.09. The molecule has 1 N–H and O–H groups in total. The van der Waals surface area contributed by atoms with Gasteiger partial charge in [-0.25, -0.2) is 4.98 Å². The SMILES string of the molecule is CCOC(=O)Cc1csc(NC(=O)CSc2nnnn2-c2ccc(OC)c(OC)c2)n1. The molecule has 11 nitrogen and oxygen atoms in total. The molecule has 3 aromatic rings. The summed E-state index contributed by atoms with van der Waals surface area (Å²) in [4.78, 5) is 28.0. The lowest BCUT2D eigenvalue weighted by molar-refractivity contribution is -0.142. The van der Waals surface area contributed by atoms with Crippen LogP contribution in [0.5, 0.6) is 11.5 Å². The number of ether oxygens (including phenoxy) is 3. The normalized spacial score (nSPS) is 10.5. The van der Waals surface area contributed by atoms with Crippen molar-refractivity contribution >= 4 is 40.1 Å². The van der Waals surface area contributed by atoms with Crippen molar-refractivity contribution in [3.63, 3.8) is 0 Å². The molecule has 0 aliphatic carbocycles. The van der Waals surface area contributed by atoms with Crippen molar-refractivity contribution in [2.24, 2.45) is 0 Å². The molecule has 3 rings (SSSR count). The van der Waals surface area contributed by atoms with E-state index in [9.17, 15) is 9.59 Å². The Hall–Kier alpha value is -3.19. The quantitative estimate of drug-likeness (QED) is 0.351. The van der Waals surface area contributed by atoms with Gasteiger partial charge in [0, 0.05) is 11.4 Å². The van der Waals surface area contributed by atoms with Crippen molar-refractivity contribution in [1.29, 1.82) is 0 Å². The molecule has 0 saturated carbocycles. The molecule has 0 radical (unpaired) electrons. The lowest BCUT2D eigenvalue weighted by atomic mass is 10.3. The number of aromatic nitrogens is 5. The van der Waals surface area contributed by atoms with Crippen LogP contribution >= 0.6 is 23.1 Å². The third-order valence-electron chi connectivity index (χ3n) is 3.81. The van der Waals surface area contributed by atoms with Crippen LogP contribution in [0.3, 0.4) is 0 Å². The van der Waals surface area contributed by atoms with Crippen LogP contribution in [-0.4, -0.2) is 63.6 Å². The fourth-order valence-corrected chi connectivity index (χ4v) is 3.90. The van der Waals surface area contributed by atoms with Gasteiger partial charge in [-0.15, -0.1) is 16.4 Å². The first kappa shape index (κ1) is 22.5. The van der Waals surface area contributed by atoms with E-state index in [0.29, 0.717) is 39.8 Å². The monoisotopic (exact) mass is 464 g/mol. The number of esters is 1. The van der Waals surface area contributed by atoms with Crippen LogP contribution in [0.1, 0.15) is 12.6 Å². The predicted molar refractivity (Wildman–Crippen MR) is 114 cm³/mol. The number of hydrogen-bond acceptors (Lipinski definition) is 11. The van der Waals surface area contributed by atoms with Gasteiger partial charge in [-0.2, -0.15) is 4.68 Å². The number of benzene rings is 1. The zero-order valence-electron chi connectivity index (χ0n) is 17.0. The Balaban J connectivity index is 1.59. The molecule has 0 bridgehead atoms. The van der Waals surface area contributed by atoms with Gasteiger partial charge in [0.1, 0.15) is 0 Å². The summed E-state index contributed by atoms with van der Waals surface area (Å²) in [5.41, 5.74) is 1.21. The van der Waals surface area contributed by atoms with Crippen molar-refractivity contribution in [2.45, 2.75) is 18.5 Å². The summed E-state index contributed by atoms with van der Waals surface area (Å²) >= 11 is 2.41. The molecule has 0 atom stereocenters.